The average Bonchev–Trinajstić information content (AvgIpc) is 2.73. The summed E-state index contributed by atoms with van der Waals surface area (Å²) in [6.45, 7) is 3.97. The normalized spacial score (nSPS) is 11.2. The molecular formula is C25H24O3. The van der Waals surface area contributed by atoms with Crippen molar-refractivity contribution in [3.8, 4) is 11.5 Å². The summed E-state index contributed by atoms with van der Waals surface area (Å²) in [6, 6.07) is 21.2. The molecule has 0 aromatic heterocycles. The fourth-order valence-corrected chi connectivity index (χ4v) is 3.04. The summed E-state index contributed by atoms with van der Waals surface area (Å²) in [5.74, 6) is 1.47. The molecule has 0 unspecified atom stereocenters. The molecule has 0 aliphatic rings. The van der Waals surface area contributed by atoms with Crippen LogP contribution in [0.3, 0.4) is 0 Å². The van der Waals surface area contributed by atoms with Gasteiger partial charge in [0.15, 0.2) is 5.78 Å². The van der Waals surface area contributed by atoms with Crippen molar-refractivity contribution in [2.45, 2.75) is 13.8 Å². The maximum absolute atomic E-state index is 13.5. The summed E-state index contributed by atoms with van der Waals surface area (Å²) in [6.07, 6.45) is 1.94. The maximum atomic E-state index is 13.5. The molecule has 3 aromatic carbocycles. The Morgan fingerprint density at radius 3 is 1.96 bits per heavy atom. The molecule has 0 radical (unpaired) electrons. The van der Waals surface area contributed by atoms with Crippen LogP contribution < -0.4 is 9.47 Å². The second kappa shape index (κ2) is 8.57. The van der Waals surface area contributed by atoms with E-state index in [2.05, 4.69) is 0 Å². The second-order valence-electron chi connectivity index (χ2n) is 6.71. The van der Waals surface area contributed by atoms with Crippen molar-refractivity contribution >= 4 is 17.4 Å². The third-order valence-corrected chi connectivity index (χ3v) is 4.71. The molecule has 142 valence electrons. The number of allylic oxidation sites excluding steroid dienone is 1. The van der Waals surface area contributed by atoms with Crippen molar-refractivity contribution in [1.29, 1.82) is 0 Å². The fraction of sp³-hybridized carbons (Fsp3) is 0.160. The molecule has 0 spiro atoms. The highest BCUT2D eigenvalue weighted by Gasteiger charge is 2.17. The lowest BCUT2D eigenvalue weighted by molar-refractivity contribution is 0.105. The Bertz CT molecular complexity index is 997. The molecule has 28 heavy (non-hydrogen) atoms. The van der Waals surface area contributed by atoms with Gasteiger partial charge in [0.2, 0.25) is 0 Å². The van der Waals surface area contributed by atoms with Crippen LogP contribution in [0.15, 0.2) is 66.7 Å². The summed E-state index contributed by atoms with van der Waals surface area (Å²) in [5, 5.41) is 0. The number of ketones is 1. The number of benzene rings is 3. The van der Waals surface area contributed by atoms with Crippen LogP contribution >= 0.6 is 0 Å². The van der Waals surface area contributed by atoms with E-state index in [1.54, 1.807) is 14.2 Å². The van der Waals surface area contributed by atoms with E-state index in [-0.39, 0.29) is 5.78 Å². The lowest BCUT2D eigenvalue weighted by Crippen LogP contribution is -2.05. The molecule has 0 N–H and O–H groups in total. The highest BCUT2D eigenvalue weighted by atomic mass is 16.5. The number of carbonyl (C=O) groups is 1. The first-order chi connectivity index (χ1) is 13.5. The first-order valence-electron chi connectivity index (χ1n) is 9.14. The number of hydrogen-bond acceptors (Lipinski definition) is 3. The van der Waals surface area contributed by atoms with E-state index in [0.29, 0.717) is 11.1 Å². The van der Waals surface area contributed by atoms with E-state index < -0.39 is 0 Å². The van der Waals surface area contributed by atoms with Crippen molar-refractivity contribution < 1.29 is 14.3 Å². The van der Waals surface area contributed by atoms with Gasteiger partial charge in [0.05, 0.1) is 14.2 Å². The van der Waals surface area contributed by atoms with Gasteiger partial charge in [0.1, 0.15) is 11.5 Å². The van der Waals surface area contributed by atoms with E-state index in [0.717, 1.165) is 28.2 Å². The number of aryl methyl sites for hydroxylation is 2. The summed E-state index contributed by atoms with van der Waals surface area (Å²) in [5.41, 5.74) is 5.19. The summed E-state index contributed by atoms with van der Waals surface area (Å²) >= 11 is 0. The van der Waals surface area contributed by atoms with Gasteiger partial charge in [-0.05, 0) is 66.9 Å². The summed E-state index contributed by atoms with van der Waals surface area (Å²) in [4.78, 5) is 13.5. The smallest absolute Gasteiger partial charge is 0.193 e. The first kappa shape index (κ1) is 19.4. The largest absolute Gasteiger partial charge is 0.497 e. The van der Waals surface area contributed by atoms with E-state index in [9.17, 15) is 4.79 Å². The molecule has 0 fully saturated rings. The van der Waals surface area contributed by atoms with Crippen molar-refractivity contribution in [1.82, 2.24) is 0 Å². The minimum atomic E-state index is -0.0223. The number of methoxy groups -OCH3 is 2. The number of hydrogen-bond donors (Lipinski definition) is 0. The Kier molecular flexibility index (Phi) is 5.95. The summed E-state index contributed by atoms with van der Waals surface area (Å²) < 4.78 is 10.5. The first-order valence-corrected chi connectivity index (χ1v) is 9.14. The Morgan fingerprint density at radius 1 is 0.786 bits per heavy atom. The Labute approximate surface area is 166 Å². The maximum Gasteiger partial charge on any atom is 0.193 e. The average molecular weight is 372 g/mol. The van der Waals surface area contributed by atoms with Gasteiger partial charge >= 0.3 is 0 Å². The van der Waals surface area contributed by atoms with Crippen LogP contribution in [0, 0.1) is 13.8 Å². The second-order valence-corrected chi connectivity index (χ2v) is 6.71. The van der Waals surface area contributed by atoms with Crippen LogP contribution in [0.2, 0.25) is 0 Å². The van der Waals surface area contributed by atoms with Crippen LogP contribution in [-0.4, -0.2) is 20.0 Å². The zero-order chi connectivity index (χ0) is 20.1. The van der Waals surface area contributed by atoms with Gasteiger partial charge in [-0.1, -0.05) is 42.0 Å². The zero-order valence-electron chi connectivity index (χ0n) is 16.7. The Morgan fingerprint density at radius 2 is 1.39 bits per heavy atom. The molecule has 3 aromatic rings. The third kappa shape index (κ3) is 4.32. The Hall–Kier alpha value is -3.33. The van der Waals surface area contributed by atoms with Crippen LogP contribution in [0.1, 0.15) is 32.6 Å². The van der Waals surface area contributed by atoms with Gasteiger partial charge in [-0.25, -0.2) is 0 Å². The van der Waals surface area contributed by atoms with Crippen molar-refractivity contribution in [2.75, 3.05) is 14.2 Å². The third-order valence-electron chi connectivity index (χ3n) is 4.71. The molecule has 0 atom stereocenters. The molecule has 3 nitrogen and oxygen atoms in total. The van der Waals surface area contributed by atoms with Crippen LogP contribution in [0.25, 0.3) is 11.6 Å². The Balaban J connectivity index is 2.09. The van der Waals surface area contributed by atoms with Crippen molar-refractivity contribution in [3.05, 3.63) is 94.5 Å². The fourth-order valence-electron chi connectivity index (χ4n) is 3.04. The SMILES string of the molecule is COc1ccc(C(=Cc2ccc(C)cc2)C(=O)c2ccc(OC)cc2C)cc1. The number of ether oxygens (including phenoxy) is 2. The molecule has 0 heterocycles. The van der Waals surface area contributed by atoms with Crippen LogP contribution in [0.5, 0.6) is 11.5 Å². The predicted molar refractivity (Wildman–Crippen MR) is 114 cm³/mol. The lowest BCUT2D eigenvalue weighted by atomic mass is 9.92. The summed E-state index contributed by atoms with van der Waals surface area (Å²) in [7, 11) is 3.25. The molecule has 0 saturated heterocycles. The van der Waals surface area contributed by atoms with Gasteiger partial charge in [-0.3, -0.25) is 4.79 Å². The topological polar surface area (TPSA) is 35.5 Å². The van der Waals surface area contributed by atoms with Gasteiger partial charge in [-0.15, -0.1) is 0 Å². The lowest BCUT2D eigenvalue weighted by Gasteiger charge is -2.12. The molecule has 0 saturated carbocycles. The minimum Gasteiger partial charge on any atom is -0.497 e. The molecule has 3 rings (SSSR count). The van der Waals surface area contributed by atoms with E-state index >= 15 is 0 Å². The van der Waals surface area contributed by atoms with Crippen LogP contribution in [-0.2, 0) is 0 Å². The van der Waals surface area contributed by atoms with E-state index in [1.165, 1.54) is 5.56 Å². The molecular weight excluding hydrogens is 348 g/mol. The van der Waals surface area contributed by atoms with Gasteiger partial charge in [0, 0.05) is 11.1 Å². The van der Waals surface area contributed by atoms with Crippen molar-refractivity contribution in [2.24, 2.45) is 0 Å². The highest BCUT2D eigenvalue weighted by molar-refractivity contribution is 6.32. The molecule has 0 bridgehead atoms. The van der Waals surface area contributed by atoms with Gasteiger partial charge in [-0.2, -0.15) is 0 Å². The van der Waals surface area contributed by atoms with E-state index in [4.69, 9.17) is 9.47 Å². The number of rotatable bonds is 6. The van der Waals surface area contributed by atoms with E-state index in [1.807, 2.05) is 86.7 Å². The highest BCUT2D eigenvalue weighted by Crippen LogP contribution is 2.27. The quantitative estimate of drug-likeness (QED) is 0.314. The number of Topliss-reactive ketones (excluding diaryl/α,β-unsaturated/α-hetero) is 1. The monoisotopic (exact) mass is 372 g/mol. The number of carbonyl (C=O) groups excluding carboxylic acids is 1. The molecule has 3 heteroatoms. The zero-order valence-corrected chi connectivity index (χ0v) is 16.7. The van der Waals surface area contributed by atoms with Crippen LogP contribution in [0.4, 0.5) is 0 Å². The van der Waals surface area contributed by atoms with Crippen molar-refractivity contribution in [3.63, 3.8) is 0 Å². The minimum absolute atomic E-state index is 0.0223. The molecule has 0 aliphatic heterocycles. The molecule has 0 aliphatic carbocycles. The van der Waals surface area contributed by atoms with Gasteiger partial charge < -0.3 is 9.47 Å². The standard InChI is InChI=1S/C25H24O3/c1-17-5-7-19(8-6-17)16-24(20-9-11-21(27-3)12-10-20)25(26)23-14-13-22(28-4)15-18(23)2/h5-16H,1-4H3. The molecule has 0 amide bonds. The predicted octanol–water partition coefficient (Wildman–Crippen LogP) is 5.74. The van der Waals surface area contributed by atoms with Gasteiger partial charge in [0.25, 0.3) is 0 Å².